The zero-order chi connectivity index (χ0) is 8.27. The molecule has 3 nitrogen and oxygen atoms in total. The molecule has 1 aliphatic rings. The molecule has 1 fully saturated rings. The lowest BCUT2D eigenvalue weighted by atomic mass is 10.2. The highest BCUT2D eigenvalue weighted by atomic mass is 16.6. The van der Waals surface area contributed by atoms with Gasteiger partial charge in [0.2, 0.25) is 0 Å². The highest BCUT2D eigenvalue weighted by Gasteiger charge is 2.20. The van der Waals surface area contributed by atoms with Crippen LogP contribution in [0, 0.1) is 0 Å². The molecule has 0 aromatic rings. The summed E-state index contributed by atoms with van der Waals surface area (Å²) in [7, 11) is 1.38. The number of carbonyl (C=O) groups is 1. The van der Waals surface area contributed by atoms with Gasteiger partial charge in [-0.1, -0.05) is 6.08 Å². The SMILES string of the molecule is COC(=O)/C(C)=C/CC1CO1. The zero-order valence-electron chi connectivity index (χ0n) is 6.79. The molecule has 1 saturated heterocycles. The van der Waals surface area contributed by atoms with Crippen molar-refractivity contribution in [1.82, 2.24) is 0 Å². The van der Waals surface area contributed by atoms with Crippen LogP contribution >= 0.6 is 0 Å². The van der Waals surface area contributed by atoms with Crippen molar-refractivity contribution in [2.24, 2.45) is 0 Å². The van der Waals surface area contributed by atoms with E-state index in [4.69, 9.17) is 4.74 Å². The van der Waals surface area contributed by atoms with Crippen molar-refractivity contribution < 1.29 is 14.3 Å². The Labute approximate surface area is 66.0 Å². The van der Waals surface area contributed by atoms with Gasteiger partial charge in [-0.05, 0) is 13.3 Å². The quantitative estimate of drug-likeness (QED) is 0.346. The molecule has 1 rings (SSSR count). The molecule has 0 amide bonds. The van der Waals surface area contributed by atoms with Crippen molar-refractivity contribution in [1.29, 1.82) is 0 Å². The molecule has 1 aliphatic heterocycles. The van der Waals surface area contributed by atoms with Crippen molar-refractivity contribution >= 4 is 5.97 Å². The number of esters is 1. The fourth-order valence-corrected chi connectivity index (χ4v) is 0.757. The maximum atomic E-state index is 10.8. The van der Waals surface area contributed by atoms with Gasteiger partial charge in [0.15, 0.2) is 0 Å². The fourth-order valence-electron chi connectivity index (χ4n) is 0.757. The first-order valence-electron chi connectivity index (χ1n) is 3.60. The van der Waals surface area contributed by atoms with Gasteiger partial charge < -0.3 is 9.47 Å². The van der Waals surface area contributed by atoms with E-state index in [1.54, 1.807) is 6.92 Å². The molecule has 0 radical (unpaired) electrons. The normalized spacial score (nSPS) is 23.1. The van der Waals surface area contributed by atoms with E-state index in [-0.39, 0.29) is 5.97 Å². The number of rotatable bonds is 3. The molecular weight excluding hydrogens is 144 g/mol. The standard InChI is InChI=1S/C8H12O3/c1-6(8(9)10-2)3-4-7-5-11-7/h3,7H,4-5H2,1-2H3/b6-3+. The molecule has 0 N–H and O–H groups in total. The summed E-state index contributed by atoms with van der Waals surface area (Å²) in [6.45, 7) is 2.57. The van der Waals surface area contributed by atoms with Crippen LogP contribution in [0.1, 0.15) is 13.3 Å². The minimum atomic E-state index is -0.259. The van der Waals surface area contributed by atoms with Crippen LogP contribution < -0.4 is 0 Å². The maximum Gasteiger partial charge on any atom is 0.333 e. The van der Waals surface area contributed by atoms with Gasteiger partial charge in [-0.2, -0.15) is 0 Å². The minimum absolute atomic E-state index is 0.259. The summed E-state index contributed by atoms with van der Waals surface area (Å²) in [6, 6.07) is 0. The third-order valence-corrected chi connectivity index (χ3v) is 1.60. The Bertz CT molecular complexity index is 180. The summed E-state index contributed by atoms with van der Waals surface area (Å²) >= 11 is 0. The van der Waals surface area contributed by atoms with E-state index >= 15 is 0 Å². The molecule has 1 atom stereocenters. The van der Waals surface area contributed by atoms with Gasteiger partial charge in [-0.3, -0.25) is 0 Å². The van der Waals surface area contributed by atoms with E-state index in [9.17, 15) is 4.79 Å². The van der Waals surface area contributed by atoms with Gasteiger partial charge in [0, 0.05) is 5.57 Å². The minimum Gasteiger partial charge on any atom is -0.466 e. The summed E-state index contributed by atoms with van der Waals surface area (Å²) in [5.41, 5.74) is 0.656. The van der Waals surface area contributed by atoms with E-state index in [0.717, 1.165) is 13.0 Å². The molecule has 0 aromatic carbocycles. The molecule has 3 heteroatoms. The van der Waals surface area contributed by atoms with Gasteiger partial charge in [-0.25, -0.2) is 4.79 Å². The van der Waals surface area contributed by atoms with E-state index in [2.05, 4.69) is 4.74 Å². The fraction of sp³-hybridized carbons (Fsp3) is 0.625. The Kier molecular flexibility index (Phi) is 2.65. The third-order valence-electron chi connectivity index (χ3n) is 1.60. The van der Waals surface area contributed by atoms with Crippen molar-refractivity contribution in [3.05, 3.63) is 11.6 Å². The highest BCUT2D eigenvalue weighted by Crippen LogP contribution is 2.14. The number of hydrogen-bond acceptors (Lipinski definition) is 3. The maximum absolute atomic E-state index is 10.8. The van der Waals surface area contributed by atoms with E-state index in [1.807, 2.05) is 6.08 Å². The molecule has 1 unspecified atom stereocenters. The molecule has 0 aliphatic carbocycles. The first-order valence-corrected chi connectivity index (χ1v) is 3.60. The smallest absolute Gasteiger partial charge is 0.333 e. The van der Waals surface area contributed by atoms with Crippen molar-refractivity contribution in [2.45, 2.75) is 19.4 Å². The predicted octanol–water partition coefficient (Wildman–Crippen LogP) is 0.895. The van der Waals surface area contributed by atoms with E-state index < -0.39 is 0 Å². The average molecular weight is 156 g/mol. The van der Waals surface area contributed by atoms with Crippen LogP contribution in [0.4, 0.5) is 0 Å². The van der Waals surface area contributed by atoms with Gasteiger partial charge in [-0.15, -0.1) is 0 Å². The van der Waals surface area contributed by atoms with Crippen molar-refractivity contribution in [3.8, 4) is 0 Å². The molecular formula is C8H12O3. The number of ether oxygens (including phenoxy) is 2. The Balaban J connectivity index is 2.30. The Morgan fingerprint density at radius 1 is 1.82 bits per heavy atom. The molecule has 0 saturated carbocycles. The van der Waals surface area contributed by atoms with Crippen LogP contribution in [0.15, 0.2) is 11.6 Å². The topological polar surface area (TPSA) is 38.8 Å². The summed E-state index contributed by atoms with van der Waals surface area (Å²) < 4.78 is 9.49. The number of methoxy groups -OCH3 is 1. The van der Waals surface area contributed by atoms with Crippen LogP contribution in [0.5, 0.6) is 0 Å². The highest BCUT2D eigenvalue weighted by molar-refractivity contribution is 5.87. The second-order valence-electron chi connectivity index (χ2n) is 2.57. The van der Waals surface area contributed by atoms with Gasteiger partial charge in [0.05, 0.1) is 19.8 Å². The van der Waals surface area contributed by atoms with Crippen LogP contribution in [-0.4, -0.2) is 25.8 Å². The lowest BCUT2D eigenvalue weighted by molar-refractivity contribution is -0.136. The van der Waals surface area contributed by atoms with Gasteiger partial charge >= 0.3 is 5.97 Å². The largest absolute Gasteiger partial charge is 0.466 e. The predicted molar refractivity (Wildman–Crippen MR) is 40.1 cm³/mol. The number of carbonyl (C=O) groups excluding carboxylic acids is 1. The van der Waals surface area contributed by atoms with Crippen LogP contribution in [-0.2, 0) is 14.3 Å². The van der Waals surface area contributed by atoms with Crippen molar-refractivity contribution in [3.63, 3.8) is 0 Å². The van der Waals surface area contributed by atoms with Crippen LogP contribution in [0.25, 0.3) is 0 Å². The monoisotopic (exact) mass is 156 g/mol. The third kappa shape index (κ3) is 2.72. The summed E-state index contributed by atoms with van der Waals surface area (Å²) in [4.78, 5) is 10.8. The van der Waals surface area contributed by atoms with Gasteiger partial charge in [0.1, 0.15) is 0 Å². The Morgan fingerprint density at radius 3 is 2.91 bits per heavy atom. The molecule has 0 spiro atoms. The van der Waals surface area contributed by atoms with E-state index in [0.29, 0.717) is 11.7 Å². The molecule has 0 bridgehead atoms. The van der Waals surface area contributed by atoms with Crippen LogP contribution in [0.2, 0.25) is 0 Å². The molecule has 11 heavy (non-hydrogen) atoms. The second kappa shape index (κ2) is 3.53. The Hall–Kier alpha value is -0.830. The molecule has 62 valence electrons. The average Bonchev–Trinajstić information content (AvgIpc) is 2.81. The van der Waals surface area contributed by atoms with Gasteiger partial charge in [0.25, 0.3) is 0 Å². The summed E-state index contributed by atoms with van der Waals surface area (Å²) in [5.74, 6) is -0.259. The second-order valence-corrected chi connectivity index (χ2v) is 2.57. The Morgan fingerprint density at radius 2 is 2.45 bits per heavy atom. The van der Waals surface area contributed by atoms with E-state index in [1.165, 1.54) is 7.11 Å². The lowest BCUT2D eigenvalue weighted by Crippen LogP contribution is -2.01. The number of hydrogen-bond donors (Lipinski definition) is 0. The molecule has 0 aromatic heterocycles. The molecule has 1 heterocycles. The first kappa shape index (κ1) is 8.27. The van der Waals surface area contributed by atoms with Crippen LogP contribution in [0.3, 0.4) is 0 Å². The lowest BCUT2D eigenvalue weighted by Gasteiger charge is -1.96. The van der Waals surface area contributed by atoms with Crippen molar-refractivity contribution in [2.75, 3.05) is 13.7 Å². The summed E-state index contributed by atoms with van der Waals surface area (Å²) in [6.07, 6.45) is 3.01. The first-order chi connectivity index (χ1) is 5.24. The zero-order valence-corrected chi connectivity index (χ0v) is 6.79. The summed E-state index contributed by atoms with van der Waals surface area (Å²) in [5, 5.41) is 0. The number of epoxide rings is 1.